The minimum absolute atomic E-state index is 0.542. The van der Waals surface area contributed by atoms with Crippen molar-refractivity contribution in [3.05, 3.63) is 46.0 Å². The largest absolute Gasteiger partial charge is 0.250 e. The number of hydrogen-bond donors (Lipinski definition) is 1. The van der Waals surface area contributed by atoms with Crippen molar-refractivity contribution in [3.8, 4) is 0 Å². The van der Waals surface area contributed by atoms with Gasteiger partial charge in [-0.2, -0.15) is 14.9 Å². The van der Waals surface area contributed by atoms with Crippen molar-refractivity contribution in [2.45, 2.75) is 58.3 Å². The Kier molecular flexibility index (Phi) is 5.06. The van der Waals surface area contributed by atoms with E-state index in [0.717, 1.165) is 29.4 Å². The lowest BCUT2D eigenvalue weighted by Gasteiger charge is -2.22. The SMILES string of the molecule is CCc1n[nH]c(=S)n1N=C(C)c1ccc(C2CCCCC2)cc1. The van der Waals surface area contributed by atoms with Gasteiger partial charge in [-0.3, -0.25) is 5.10 Å². The van der Waals surface area contributed by atoms with Crippen molar-refractivity contribution in [3.63, 3.8) is 0 Å². The van der Waals surface area contributed by atoms with Crippen LogP contribution in [-0.2, 0) is 6.42 Å². The van der Waals surface area contributed by atoms with Gasteiger partial charge in [0.05, 0.1) is 5.71 Å². The number of aromatic amines is 1. The fraction of sp³-hybridized carbons (Fsp3) is 0.500. The van der Waals surface area contributed by atoms with Gasteiger partial charge in [-0.25, -0.2) is 0 Å². The molecule has 1 aliphatic carbocycles. The zero-order chi connectivity index (χ0) is 16.2. The van der Waals surface area contributed by atoms with Gasteiger partial charge >= 0.3 is 0 Å². The molecular weight excluding hydrogens is 304 g/mol. The normalized spacial score (nSPS) is 16.7. The van der Waals surface area contributed by atoms with E-state index in [1.807, 2.05) is 13.8 Å². The van der Waals surface area contributed by atoms with E-state index in [-0.39, 0.29) is 0 Å². The number of nitrogens with zero attached hydrogens (tertiary/aromatic N) is 3. The number of benzene rings is 1. The molecule has 1 N–H and O–H groups in total. The van der Waals surface area contributed by atoms with Gasteiger partial charge in [-0.15, -0.1) is 0 Å². The van der Waals surface area contributed by atoms with Crippen LogP contribution >= 0.6 is 12.2 Å². The first-order valence-corrected chi connectivity index (χ1v) is 8.92. The summed E-state index contributed by atoms with van der Waals surface area (Å²) in [6, 6.07) is 8.88. The number of aromatic nitrogens is 3. The molecule has 1 saturated carbocycles. The molecule has 3 rings (SSSR count). The smallest absolute Gasteiger partial charge is 0.216 e. The molecule has 23 heavy (non-hydrogen) atoms. The fourth-order valence-electron chi connectivity index (χ4n) is 3.30. The van der Waals surface area contributed by atoms with Crippen molar-refractivity contribution in [2.75, 3.05) is 0 Å². The molecule has 1 aliphatic rings. The van der Waals surface area contributed by atoms with Gasteiger partial charge in [0.15, 0.2) is 5.82 Å². The molecule has 1 aromatic carbocycles. The Labute approximate surface area is 142 Å². The molecule has 4 nitrogen and oxygen atoms in total. The van der Waals surface area contributed by atoms with Crippen LogP contribution in [0.15, 0.2) is 29.4 Å². The maximum Gasteiger partial charge on any atom is 0.216 e. The number of rotatable bonds is 4. The second-order valence-corrected chi connectivity index (χ2v) is 6.64. The van der Waals surface area contributed by atoms with Gasteiger partial charge in [0, 0.05) is 6.42 Å². The van der Waals surface area contributed by atoms with Crippen LogP contribution in [0.3, 0.4) is 0 Å². The highest BCUT2D eigenvalue weighted by Crippen LogP contribution is 2.32. The highest BCUT2D eigenvalue weighted by Gasteiger charge is 2.15. The van der Waals surface area contributed by atoms with E-state index >= 15 is 0 Å². The lowest BCUT2D eigenvalue weighted by Crippen LogP contribution is -2.06. The zero-order valence-electron chi connectivity index (χ0n) is 13.9. The Morgan fingerprint density at radius 2 is 1.96 bits per heavy atom. The van der Waals surface area contributed by atoms with Gasteiger partial charge in [-0.1, -0.05) is 50.5 Å². The monoisotopic (exact) mass is 328 g/mol. The molecule has 1 aromatic heterocycles. The molecular formula is C18H24N4S. The lowest BCUT2D eigenvalue weighted by atomic mass is 9.84. The van der Waals surface area contributed by atoms with Crippen molar-refractivity contribution >= 4 is 17.9 Å². The summed E-state index contributed by atoms with van der Waals surface area (Å²) in [7, 11) is 0. The van der Waals surface area contributed by atoms with Crippen molar-refractivity contribution in [1.29, 1.82) is 0 Å². The fourth-order valence-corrected chi connectivity index (χ4v) is 3.49. The molecule has 0 bridgehead atoms. The van der Waals surface area contributed by atoms with Crippen molar-refractivity contribution < 1.29 is 0 Å². The highest BCUT2D eigenvalue weighted by atomic mass is 32.1. The first-order valence-electron chi connectivity index (χ1n) is 8.51. The summed E-state index contributed by atoms with van der Waals surface area (Å²) in [5, 5.41) is 11.6. The molecule has 0 aliphatic heterocycles. The van der Waals surface area contributed by atoms with Gasteiger partial charge < -0.3 is 0 Å². The average molecular weight is 328 g/mol. The molecule has 0 atom stereocenters. The predicted octanol–water partition coefficient (Wildman–Crippen LogP) is 4.82. The van der Waals surface area contributed by atoms with Crippen LogP contribution in [0.2, 0.25) is 0 Å². The van der Waals surface area contributed by atoms with Crippen LogP contribution in [0.4, 0.5) is 0 Å². The summed E-state index contributed by atoms with van der Waals surface area (Å²) >= 11 is 5.25. The van der Waals surface area contributed by atoms with Crippen LogP contribution in [0.5, 0.6) is 0 Å². The molecule has 2 aromatic rings. The third kappa shape index (κ3) is 3.61. The van der Waals surface area contributed by atoms with Crippen molar-refractivity contribution in [2.24, 2.45) is 5.10 Å². The molecule has 0 radical (unpaired) electrons. The van der Waals surface area contributed by atoms with E-state index in [1.165, 1.54) is 37.7 Å². The van der Waals surface area contributed by atoms with Crippen LogP contribution in [0, 0.1) is 4.77 Å². The summed E-state index contributed by atoms with van der Waals surface area (Å²) in [5.74, 6) is 1.59. The minimum atomic E-state index is 0.542. The standard InChI is InChI=1S/C18H24N4S/c1-3-17-19-20-18(23)22(17)21-13(2)14-9-11-16(12-10-14)15-7-5-4-6-8-15/h9-12,15H,3-8H2,1-2H3,(H,20,23). The van der Waals surface area contributed by atoms with E-state index in [9.17, 15) is 0 Å². The first-order chi connectivity index (χ1) is 11.2. The highest BCUT2D eigenvalue weighted by molar-refractivity contribution is 7.71. The number of hydrogen-bond acceptors (Lipinski definition) is 3. The van der Waals surface area contributed by atoms with Gasteiger partial charge in [0.25, 0.3) is 0 Å². The maximum absolute atomic E-state index is 5.25. The number of aryl methyl sites for hydroxylation is 1. The van der Waals surface area contributed by atoms with E-state index in [1.54, 1.807) is 4.68 Å². The first kappa shape index (κ1) is 16.1. The lowest BCUT2D eigenvalue weighted by molar-refractivity contribution is 0.443. The van der Waals surface area contributed by atoms with Crippen LogP contribution in [0.25, 0.3) is 0 Å². The summed E-state index contributed by atoms with van der Waals surface area (Å²) in [6.45, 7) is 4.06. The third-order valence-electron chi connectivity index (χ3n) is 4.69. The topological polar surface area (TPSA) is 46.0 Å². The van der Waals surface area contributed by atoms with Crippen molar-refractivity contribution in [1.82, 2.24) is 14.9 Å². The van der Waals surface area contributed by atoms with Crippen LogP contribution in [-0.4, -0.2) is 20.6 Å². The average Bonchev–Trinajstić information content (AvgIpc) is 2.96. The van der Waals surface area contributed by atoms with E-state index in [0.29, 0.717) is 4.77 Å². The second-order valence-electron chi connectivity index (χ2n) is 6.25. The Morgan fingerprint density at radius 3 is 2.61 bits per heavy atom. The molecule has 0 unspecified atom stereocenters. The molecule has 122 valence electrons. The quantitative estimate of drug-likeness (QED) is 0.646. The molecule has 1 heterocycles. The minimum Gasteiger partial charge on any atom is -0.250 e. The molecule has 0 spiro atoms. The maximum atomic E-state index is 5.25. The second kappa shape index (κ2) is 7.21. The van der Waals surface area contributed by atoms with E-state index in [2.05, 4.69) is 39.6 Å². The van der Waals surface area contributed by atoms with Gasteiger partial charge in [0.2, 0.25) is 4.77 Å². The summed E-state index contributed by atoms with van der Waals surface area (Å²) in [4.78, 5) is 0. The zero-order valence-corrected chi connectivity index (χ0v) is 14.7. The van der Waals surface area contributed by atoms with Gasteiger partial charge in [0.1, 0.15) is 0 Å². The summed E-state index contributed by atoms with van der Waals surface area (Å²) in [6.07, 6.45) is 7.58. The predicted molar refractivity (Wildman–Crippen MR) is 96.7 cm³/mol. The summed E-state index contributed by atoms with van der Waals surface area (Å²) in [5.41, 5.74) is 3.55. The Balaban J connectivity index is 1.82. The third-order valence-corrected chi connectivity index (χ3v) is 4.95. The van der Waals surface area contributed by atoms with Crippen LogP contribution < -0.4 is 0 Å². The van der Waals surface area contributed by atoms with E-state index < -0.39 is 0 Å². The van der Waals surface area contributed by atoms with Crippen LogP contribution in [0.1, 0.15) is 68.8 Å². The molecule has 5 heteroatoms. The molecule has 0 amide bonds. The molecule has 1 fully saturated rings. The number of H-pyrrole nitrogens is 1. The van der Waals surface area contributed by atoms with E-state index in [4.69, 9.17) is 12.2 Å². The Morgan fingerprint density at radius 1 is 1.26 bits per heavy atom. The molecule has 0 saturated heterocycles. The van der Waals surface area contributed by atoms with Gasteiger partial charge in [-0.05, 0) is 49.0 Å². The Hall–Kier alpha value is -1.75. The Bertz CT molecular complexity index is 733. The summed E-state index contributed by atoms with van der Waals surface area (Å²) < 4.78 is 2.26. The number of nitrogens with one attached hydrogen (secondary N) is 1.